The van der Waals surface area contributed by atoms with E-state index in [0.29, 0.717) is 12.0 Å². The summed E-state index contributed by atoms with van der Waals surface area (Å²) in [6.07, 6.45) is 4.17. The second kappa shape index (κ2) is 7.61. The van der Waals surface area contributed by atoms with Gasteiger partial charge in [-0.25, -0.2) is 4.39 Å². The first kappa shape index (κ1) is 14.5. The van der Waals surface area contributed by atoms with Gasteiger partial charge in [0.1, 0.15) is 5.82 Å². The lowest BCUT2D eigenvalue weighted by Gasteiger charge is -2.27. The third kappa shape index (κ3) is 4.59. The fourth-order valence-corrected chi connectivity index (χ4v) is 2.84. The highest BCUT2D eigenvalue weighted by atomic mass is 19.1. The molecule has 2 rings (SSSR count). The first-order valence-corrected chi connectivity index (χ1v) is 7.34. The minimum Gasteiger partial charge on any atom is -0.381 e. The number of likely N-dealkylation sites (N-methyl/N-ethyl adjacent to an activating group) is 1. The van der Waals surface area contributed by atoms with E-state index in [1.54, 1.807) is 12.1 Å². The van der Waals surface area contributed by atoms with Gasteiger partial charge in [-0.3, -0.25) is 0 Å². The van der Waals surface area contributed by atoms with Crippen LogP contribution in [0.1, 0.15) is 31.7 Å². The molecule has 1 heterocycles. The van der Waals surface area contributed by atoms with Gasteiger partial charge < -0.3 is 10.1 Å². The van der Waals surface area contributed by atoms with Gasteiger partial charge in [0.2, 0.25) is 0 Å². The molecule has 19 heavy (non-hydrogen) atoms. The van der Waals surface area contributed by atoms with Gasteiger partial charge in [-0.2, -0.15) is 0 Å². The van der Waals surface area contributed by atoms with Crippen LogP contribution in [0.5, 0.6) is 0 Å². The van der Waals surface area contributed by atoms with Gasteiger partial charge in [0.05, 0.1) is 0 Å². The molecule has 1 saturated heterocycles. The molecule has 0 aliphatic carbocycles. The van der Waals surface area contributed by atoms with E-state index < -0.39 is 0 Å². The molecule has 1 aliphatic rings. The van der Waals surface area contributed by atoms with Crippen molar-refractivity contribution in [1.29, 1.82) is 0 Å². The summed E-state index contributed by atoms with van der Waals surface area (Å²) < 4.78 is 19.1. The van der Waals surface area contributed by atoms with Crippen molar-refractivity contribution in [3.8, 4) is 0 Å². The van der Waals surface area contributed by atoms with Crippen LogP contribution in [-0.2, 0) is 11.2 Å². The van der Waals surface area contributed by atoms with Gasteiger partial charge in [-0.15, -0.1) is 0 Å². The monoisotopic (exact) mass is 265 g/mol. The van der Waals surface area contributed by atoms with Crippen LogP contribution in [-0.4, -0.2) is 25.8 Å². The lowest BCUT2D eigenvalue weighted by Crippen LogP contribution is -2.34. The van der Waals surface area contributed by atoms with Crippen LogP contribution >= 0.6 is 0 Å². The Balaban J connectivity index is 1.93. The average molecular weight is 265 g/mol. The molecule has 0 amide bonds. The Labute approximate surface area is 115 Å². The van der Waals surface area contributed by atoms with Crippen molar-refractivity contribution in [2.24, 2.45) is 5.92 Å². The largest absolute Gasteiger partial charge is 0.381 e. The Hall–Kier alpha value is -0.930. The molecule has 0 spiro atoms. The zero-order valence-corrected chi connectivity index (χ0v) is 11.7. The van der Waals surface area contributed by atoms with E-state index in [1.165, 1.54) is 0 Å². The molecule has 2 nitrogen and oxygen atoms in total. The molecule has 0 aromatic heterocycles. The average Bonchev–Trinajstić information content (AvgIpc) is 2.43. The molecule has 0 radical (unpaired) electrons. The molecule has 0 saturated carbocycles. The minimum absolute atomic E-state index is 0.0858. The van der Waals surface area contributed by atoms with Crippen molar-refractivity contribution < 1.29 is 9.13 Å². The summed E-state index contributed by atoms with van der Waals surface area (Å²) in [5.41, 5.74) is 0.820. The first-order chi connectivity index (χ1) is 9.29. The highest BCUT2D eigenvalue weighted by molar-refractivity contribution is 5.18. The summed E-state index contributed by atoms with van der Waals surface area (Å²) in [5.74, 6) is 0.627. The van der Waals surface area contributed by atoms with E-state index in [0.717, 1.165) is 51.0 Å². The molecule has 1 fully saturated rings. The van der Waals surface area contributed by atoms with E-state index in [4.69, 9.17) is 4.74 Å². The molecule has 3 heteroatoms. The summed E-state index contributed by atoms with van der Waals surface area (Å²) >= 11 is 0. The Bertz CT molecular complexity index is 377. The summed E-state index contributed by atoms with van der Waals surface area (Å²) in [6.45, 7) is 4.80. The van der Waals surface area contributed by atoms with E-state index >= 15 is 0 Å². The number of benzene rings is 1. The van der Waals surface area contributed by atoms with Gasteiger partial charge in [0.15, 0.2) is 0 Å². The lowest BCUT2D eigenvalue weighted by atomic mass is 9.89. The molecule has 1 atom stereocenters. The van der Waals surface area contributed by atoms with E-state index in [-0.39, 0.29) is 5.82 Å². The SMILES string of the molecule is CCNC(Cc1ccccc1F)CC1CCOCC1. The maximum absolute atomic E-state index is 13.7. The standard InChI is InChI=1S/C16H24FNO/c1-2-18-15(11-13-7-9-19-10-8-13)12-14-5-3-4-6-16(14)17/h3-6,13,15,18H,2,7-12H2,1H3. The Morgan fingerprint density at radius 2 is 2.05 bits per heavy atom. The first-order valence-electron chi connectivity index (χ1n) is 7.34. The van der Waals surface area contributed by atoms with Crippen LogP contribution in [0.3, 0.4) is 0 Å². The maximum Gasteiger partial charge on any atom is 0.126 e. The molecular formula is C16H24FNO. The predicted octanol–water partition coefficient (Wildman–Crippen LogP) is 3.16. The van der Waals surface area contributed by atoms with Crippen LogP contribution in [0.25, 0.3) is 0 Å². The van der Waals surface area contributed by atoms with Crippen LogP contribution < -0.4 is 5.32 Å². The van der Waals surface area contributed by atoms with Crippen molar-refractivity contribution >= 4 is 0 Å². The summed E-state index contributed by atoms with van der Waals surface area (Å²) in [4.78, 5) is 0. The number of ether oxygens (including phenoxy) is 1. The van der Waals surface area contributed by atoms with E-state index in [1.807, 2.05) is 12.1 Å². The smallest absolute Gasteiger partial charge is 0.126 e. The van der Waals surface area contributed by atoms with Gasteiger partial charge in [0.25, 0.3) is 0 Å². The quantitative estimate of drug-likeness (QED) is 0.853. The van der Waals surface area contributed by atoms with Gasteiger partial charge in [0, 0.05) is 19.3 Å². The van der Waals surface area contributed by atoms with Gasteiger partial charge in [-0.1, -0.05) is 25.1 Å². The van der Waals surface area contributed by atoms with Crippen LogP contribution in [0.4, 0.5) is 4.39 Å². The molecule has 0 bridgehead atoms. The fourth-order valence-electron chi connectivity index (χ4n) is 2.84. The number of halogens is 1. The highest BCUT2D eigenvalue weighted by Crippen LogP contribution is 2.22. The third-order valence-electron chi connectivity index (χ3n) is 3.88. The maximum atomic E-state index is 13.7. The zero-order valence-electron chi connectivity index (χ0n) is 11.7. The van der Waals surface area contributed by atoms with Crippen LogP contribution in [0.2, 0.25) is 0 Å². The summed E-state index contributed by atoms with van der Waals surface area (Å²) in [7, 11) is 0. The van der Waals surface area contributed by atoms with Crippen LogP contribution in [0, 0.1) is 11.7 Å². The third-order valence-corrected chi connectivity index (χ3v) is 3.88. The van der Waals surface area contributed by atoms with Crippen LogP contribution in [0.15, 0.2) is 24.3 Å². The highest BCUT2D eigenvalue weighted by Gasteiger charge is 2.19. The molecule has 1 aliphatic heterocycles. The van der Waals surface area contributed by atoms with Gasteiger partial charge in [-0.05, 0) is 49.8 Å². The number of rotatable bonds is 6. The minimum atomic E-state index is -0.0858. The molecule has 1 N–H and O–H groups in total. The van der Waals surface area contributed by atoms with Crippen molar-refractivity contribution in [1.82, 2.24) is 5.32 Å². The number of hydrogen-bond acceptors (Lipinski definition) is 2. The van der Waals surface area contributed by atoms with Gasteiger partial charge >= 0.3 is 0 Å². The fraction of sp³-hybridized carbons (Fsp3) is 0.625. The lowest BCUT2D eigenvalue weighted by molar-refractivity contribution is 0.0606. The molecular weight excluding hydrogens is 241 g/mol. The molecule has 1 aromatic rings. The number of nitrogens with one attached hydrogen (secondary N) is 1. The Morgan fingerprint density at radius 3 is 2.74 bits per heavy atom. The van der Waals surface area contributed by atoms with Crippen molar-refractivity contribution in [2.75, 3.05) is 19.8 Å². The van der Waals surface area contributed by atoms with Crippen molar-refractivity contribution in [3.63, 3.8) is 0 Å². The molecule has 1 unspecified atom stereocenters. The van der Waals surface area contributed by atoms with Crippen molar-refractivity contribution in [2.45, 2.75) is 38.6 Å². The topological polar surface area (TPSA) is 21.3 Å². The van der Waals surface area contributed by atoms with E-state index in [9.17, 15) is 4.39 Å². The Morgan fingerprint density at radius 1 is 1.32 bits per heavy atom. The normalized spacial score (nSPS) is 18.4. The molecule has 106 valence electrons. The summed E-state index contributed by atoms with van der Waals surface area (Å²) in [6, 6.07) is 7.47. The molecule has 1 aromatic carbocycles. The second-order valence-electron chi connectivity index (χ2n) is 5.34. The Kier molecular flexibility index (Phi) is 5.80. The van der Waals surface area contributed by atoms with E-state index in [2.05, 4.69) is 12.2 Å². The second-order valence-corrected chi connectivity index (χ2v) is 5.34. The van der Waals surface area contributed by atoms with Crippen molar-refractivity contribution in [3.05, 3.63) is 35.6 Å². The summed E-state index contributed by atoms with van der Waals surface area (Å²) in [5, 5.41) is 3.50. The number of hydrogen-bond donors (Lipinski definition) is 1. The predicted molar refractivity (Wildman–Crippen MR) is 75.7 cm³/mol. The zero-order chi connectivity index (χ0) is 13.5.